The minimum atomic E-state index is -3.60. The van der Waals surface area contributed by atoms with Gasteiger partial charge in [-0.05, 0) is 53.8 Å². The highest BCUT2D eigenvalue weighted by Crippen LogP contribution is 2.41. The average molecular weight is 349 g/mol. The zero-order valence-electron chi connectivity index (χ0n) is 13.3. The summed E-state index contributed by atoms with van der Waals surface area (Å²) in [5.41, 5.74) is 7.34. The Morgan fingerprint density at radius 1 is 1.25 bits per heavy atom. The minimum absolute atomic E-state index is 0.0892. The van der Waals surface area contributed by atoms with Gasteiger partial charge in [-0.3, -0.25) is 0 Å². The van der Waals surface area contributed by atoms with Gasteiger partial charge in [0.25, 0.3) is 0 Å². The summed E-state index contributed by atoms with van der Waals surface area (Å²) in [5.74, 6) is -1.75. The van der Waals surface area contributed by atoms with E-state index in [2.05, 4.69) is 0 Å². The number of nitrogens with two attached hydrogens (primary N) is 1. The molecule has 0 saturated carbocycles. The van der Waals surface area contributed by atoms with Crippen molar-refractivity contribution in [3.63, 3.8) is 0 Å². The van der Waals surface area contributed by atoms with Gasteiger partial charge < -0.3 is 10.8 Å². The highest BCUT2D eigenvalue weighted by atomic mass is 32.2. The quantitative estimate of drug-likeness (QED) is 0.645. The van der Waals surface area contributed by atoms with Crippen molar-refractivity contribution >= 4 is 15.5 Å². The van der Waals surface area contributed by atoms with Crippen molar-refractivity contribution in [2.75, 3.05) is 11.5 Å². The largest absolute Gasteiger partial charge is 0.399 e. The molecule has 4 nitrogen and oxygen atoms in total. The van der Waals surface area contributed by atoms with Gasteiger partial charge in [0.1, 0.15) is 5.82 Å². The highest BCUT2D eigenvalue weighted by molar-refractivity contribution is 7.91. The molecule has 0 fully saturated rings. The van der Waals surface area contributed by atoms with Crippen LogP contribution in [0.2, 0.25) is 0 Å². The van der Waals surface area contributed by atoms with E-state index < -0.39 is 33.6 Å². The lowest BCUT2D eigenvalue weighted by Crippen LogP contribution is -2.30. The first-order valence-electron chi connectivity index (χ1n) is 7.89. The molecule has 0 radical (unpaired) electrons. The Kier molecular flexibility index (Phi) is 4.36. The smallest absolute Gasteiger partial charge is 0.179 e. The number of hydrogen-bond acceptors (Lipinski definition) is 4. The van der Waals surface area contributed by atoms with E-state index in [-0.39, 0.29) is 10.6 Å². The fourth-order valence-electron chi connectivity index (χ4n) is 3.46. The molecule has 1 unspecified atom stereocenters. The second kappa shape index (κ2) is 6.18. The number of aliphatic hydroxyl groups is 1. The molecule has 3 N–H and O–H groups in total. The van der Waals surface area contributed by atoms with Crippen molar-refractivity contribution in [3.8, 4) is 0 Å². The van der Waals surface area contributed by atoms with E-state index >= 15 is 0 Å². The van der Waals surface area contributed by atoms with Gasteiger partial charge in [-0.15, -0.1) is 0 Å². The van der Waals surface area contributed by atoms with Crippen LogP contribution >= 0.6 is 0 Å². The Morgan fingerprint density at radius 2 is 2.00 bits per heavy atom. The maximum atomic E-state index is 13.9. The summed E-state index contributed by atoms with van der Waals surface area (Å²) in [6.45, 7) is 1.84. The van der Waals surface area contributed by atoms with Crippen LogP contribution in [0, 0.1) is 11.7 Å². The third-order valence-corrected chi connectivity index (χ3v) is 6.60. The normalized spacial score (nSPS) is 25.7. The van der Waals surface area contributed by atoms with Gasteiger partial charge in [0.15, 0.2) is 9.84 Å². The van der Waals surface area contributed by atoms with Gasteiger partial charge in [0.05, 0.1) is 16.8 Å². The van der Waals surface area contributed by atoms with E-state index in [1.54, 1.807) is 24.3 Å². The number of nitrogen functional groups attached to an aromatic ring is 1. The summed E-state index contributed by atoms with van der Waals surface area (Å²) in [6.07, 6.45) is -0.426. The molecule has 2 aromatic rings. The SMILES string of the molecule is CCC1CS(=O)(=O)c2ccc(F)cc2[C@H](c2cccc(N)c2)[C@@H]1O. The van der Waals surface area contributed by atoms with Crippen LogP contribution in [0.5, 0.6) is 0 Å². The molecule has 0 aliphatic carbocycles. The van der Waals surface area contributed by atoms with Crippen LogP contribution in [0.25, 0.3) is 0 Å². The minimum Gasteiger partial charge on any atom is -0.399 e. The van der Waals surface area contributed by atoms with Crippen molar-refractivity contribution < 1.29 is 17.9 Å². The Bertz CT molecular complexity index is 866. The average Bonchev–Trinajstić information content (AvgIpc) is 2.60. The summed E-state index contributed by atoms with van der Waals surface area (Å²) >= 11 is 0. The third-order valence-electron chi connectivity index (χ3n) is 4.69. The van der Waals surface area contributed by atoms with E-state index in [0.717, 1.165) is 6.07 Å². The molecule has 0 spiro atoms. The predicted octanol–water partition coefficient (Wildman–Crippen LogP) is 2.71. The van der Waals surface area contributed by atoms with Gasteiger partial charge in [0.2, 0.25) is 0 Å². The first-order valence-corrected chi connectivity index (χ1v) is 9.54. The highest BCUT2D eigenvalue weighted by Gasteiger charge is 2.39. The van der Waals surface area contributed by atoms with Crippen molar-refractivity contribution in [2.45, 2.75) is 30.3 Å². The van der Waals surface area contributed by atoms with Gasteiger partial charge >= 0.3 is 0 Å². The lowest BCUT2D eigenvalue weighted by atomic mass is 9.80. The monoisotopic (exact) mass is 349 g/mol. The van der Waals surface area contributed by atoms with Gasteiger partial charge in [0, 0.05) is 11.6 Å². The molecule has 1 aliphatic rings. The van der Waals surface area contributed by atoms with Crippen molar-refractivity contribution in [3.05, 3.63) is 59.4 Å². The van der Waals surface area contributed by atoms with Crippen molar-refractivity contribution in [1.29, 1.82) is 0 Å². The summed E-state index contributed by atoms with van der Waals surface area (Å²) < 4.78 is 39.3. The number of sulfone groups is 1. The summed E-state index contributed by atoms with van der Waals surface area (Å²) in [7, 11) is -3.60. The standard InChI is InChI=1S/C18H20FNO3S/c1-2-11-10-24(22,23)16-7-6-13(19)9-15(16)17(18(11)21)12-4-3-5-14(20)8-12/h3-9,11,17-18,21H,2,10,20H2,1H3/t11?,17-,18+/m0/s1. The van der Waals surface area contributed by atoms with E-state index in [4.69, 9.17) is 5.73 Å². The summed E-state index contributed by atoms with van der Waals surface area (Å²) in [4.78, 5) is 0.0892. The molecule has 6 heteroatoms. The molecule has 0 bridgehead atoms. The fourth-order valence-corrected chi connectivity index (χ4v) is 5.46. The number of hydrogen-bond donors (Lipinski definition) is 2. The molecular weight excluding hydrogens is 329 g/mol. The molecule has 0 saturated heterocycles. The molecule has 3 rings (SSSR count). The number of halogens is 1. The van der Waals surface area contributed by atoms with Gasteiger partial charge in [-0.1, -0.05) is 19.1 Å². The molecule has 1 aliphatic heterocycles. The van der Waals surface area contributed by atoms with Crippen LogP contribution in [0.1, 0.15) is 30.4 Å². The maximum absolute atomic E-state index is 13.9. The first-order chi connectivity index (χ1) is 11.3. The molecule has 0 aromatic heterocycles. The van der Waals surface area contributed by atoms with Crippen LogP contribution in [0.3, 0.4) is 0 Å². The fraction of sp³-hybridized carbons (Fsp3) is 0.333. The second-order valence-corrected chi connectivity index (χ2v) is 8.27. The lowest BCUT2D eigenvalue weighted by Gasteiger charge is -2.27. The number of fused-ring (bicyclic) bond motifs is 1. The van der Waals surface area contributed by atoms with Gasteiger partial charge in [-0.25, -0.2) is 12.8 Å². The Labute approximate surface area is 141 Å². The van der Waals surface area contributed by atoms with Crippen LogP contribution in [-0.2, 0) is 9.84 Å². The van der Waals surface area contributed by atoms with Crippen LogP contribution in [-0.4, -0.2) is 25.4 Å². The molecule has 128 valence electrons. The Morgan fingerprint density at radius 3 is 2.67 bits per heavy atom. The van der Waals surface area contributed by atoms with E-state index in [0.29, 0.717) is 23.2 Å². The van der Waals surface area contributed by atoms with E-state index in [1.165, 1.54) is 12.1 Å². The first kappa shape index (κ1) is 16.9. The van der Waals surface area contributed by atoms with Crippen molar-refractivity contribution in [2.24, 2.45) is 5.92 Å². The number of anilines is 1. The third kappa shape index (κ3) is 2.91. The van der Waals surface area contributed by atoms with E-state index in [9.17, 15) is 17.9 Å². The summed E-state index contributed by atoms with van der Waals surface area (Å²) in [5, 5.41) is 10.9. The maximum Gasteiger partial charge on any atom is 0.179 e. The van der Waals surface area contributed by atoms with Gasteiger partial charge in [-0.2, -0.15) is 0 Å². The topological polar surface area (TPSA) is 80.4 Å². The molecule has 24 heavy (non-hydrogen) atoms. The van der Waals surface area contributed by atoms with Crippen molar-refractivity contribution in [1.82, 2.24) is 0 Å². The van der Waals surface area contributed by atoms with Crippen LogP contribution in [0.4, 0.5) is 10.1 Å². The zero-order chi connectivity index (χ0) is 17.5. The van der Waals surface area contributed by atoms with E-state index in [1.807, 2.05) is 6.92 Å². The molecule has 2 aromatic carbocycles. The lowest BCUT2D eigenvalue weighted by molar-refractivity contribution is 0.100. The predicted molar refractivity (Wildman–Crippen MR) is 90.9 cm³/mol. The molecule has 1 heterocycles. The molecule has 3 atom stereocenters. The number of benzene rings is 2. The molecule has 0 amide bonds. The zero-order valence-corrected chi connectivity index (χ0v) is 14.1. The van der Waals surface area contributed by atoms with Crippen LogP contribution < -0.4 is 5.73 Å². The number of rotatable bonds is 2. The Balaban J connectivity index is 2.29. The second-order valence-electron chi connectivity index (χ2n) is 6.27. The summed E-state index contributed by atoms with van der Waals surface area (Å²) in [6, 6.07) is 10.6. The number of aliphatic hydroxyl groups excluding tert-OH is 1. The Hall–Kier alpha value is -1.92. The van der Waals surface area contributed by atoms with Crippen LogP contribution in [0.15, 0.2) is 47.4 Å². The molecular formula is C18H20FNO3S.